The van der Waals surface area contributed by atoms with Gasteiger partial charge in [0, 0.05) is 12.6 Å². The van der Waals surface area contributed by atoms with Crippen molar-refractivity contribution in [1.82, 2.24) is 0 Å². The molecule has 1 heteroatoms. The van der Waals surface area contributed by atoms with Crippen LogP contribution in [-0.4, -0.2) is 12.8 Å². The molecule has 0 atom stereocenters. The van der Waals surface area contributed by atoms with Gasteiger partial charge in [0.15, 0.2) is 0 Å². The van der Waals surface area contributed by atoms with E-state index in [9.17, 15) is 0 Å². The Hall–Kier alpha value is -1.37. The van der Waals surface area contributed by atoms with Gasteiger partial charge in [-0.3, -0.25) is 4.99 Å². The van der Waals surface area contributed by atoms with Crippen LogP contribution in [0.25, 0.3) is 0 Å². The van der Waals surface area contributed by atoms with Crippen molar-refractivity contribution in [3.05, 3.63) is 48.0 Å². The first-order valence-corrected chi connectivity index (χ1v) is 3.95. The summed E-state index contributed by atoms with van der Waals surface area (Å²) in [7, 11) is 1.78. The molecule has 1 aromatic carbocycles. The van der Waals surface area contributed by atoms with Gasteiger partial charge in [0.25, 0.3) is 0 Å². The lowest BCUT2D eigenvalue weighted by molar-refractivity contribution is 1.39. The molecule has 0 aromatic heterocycles. The normalized spacial score (nSPS) is 11.3. The third-order valence-corrected chi connectivity index (χ3v) is 1.86. The van der Waals surface area contributed by atoms with Crippen molar-refractivity contribution in [3.8, 4) is 0 Å². The summed E-state index contributed by atoms with van der Waals surface area (Å²) < 4.78 is 0. The van der Waals surface area contributed by atoms with Gasteiger partial charge in [0.1, 0.15) is 0 Å². The van der Waals surface area contributed by atoms with E-state index in [4.69, 9.17) is 0 Å². The van der Waals surface area contributed by atoms with Gasteiger partial charge in [-0.25, -0.2) is 0 Å². The van der Waals surface area contributed by atoms with Gasteiger partial charge in [-0.1, -0.05) is 30.8 Å². The standard InChI is InChI=1S/C11H13N/c1-4-11(12-3)10-8-6-5-7-9(10)2/h4-8H,1H2,2-3H3/b12-11-. The van der Waals surface area contributed by atoms with Crippen LogP contribution in [0.3, 0.4) is 0 Å². The van der Waals surface area contributed by atoms with Crippen molar-refractivity contribution in [2.75, 3.05) is 7.05 Å². The second-order valence-electron chi connectivity index (χ2n) is 2.63. The number of nitrogens with zero attached hydrogens (tertiary/aromatic N) is 1. The summed E-state index contributed by atoms with van der Waals surface area (Å²) in [6, 6.07) is 8.16. The maximum Gasteiger partial charge on any atom is 0.0639 e. The number of aryl methyl sites for hydroxylation is 1. The van der Waals surface area contributed by atoms with Crippen molar-refractivity contribution < 1.29 is 0 Å². The lowest BCUT2D eigenvalue weighted by atomic mass is 10.0. The van der Waals surface area contributed by atoms with Crippen LogP contribution in [-0.2, 0) is 0 Å². The third-order valence-electron chi connectivity index (χ3n) is 1.86. The maximum atomic E-state index is 4.14. The molecule has 62 valence electrons. The molecule has 0 aliphatic rings. The third kappa shape index (κ3) is 1.62. The SMILES string of the molecule is C=C/C(=N/C)c1ccccc1C. The summed E-state index contributed by atoms with van der Waals surface area (Å²) in [4.78, 5) is 4.14. The minimum atomic E-state index is 0.952. The Balaban J connectivity index is 3.18. The summed E-state index contributed by atoms with van der Waals surface area (Å²) in [5, 5.41) is 0. The van der Waals surface area contributed by atoms with Gasteiger partial charge >= 0.3 is 0 Å². The second kappa shape index (κ2) is 3.86. The van der Waals surface area contributed by atoms with Gasteiger partial charge < -0.3 is 0 Å². The zero-order valence-corrected chi connectivity index (χ0v) is 7.54. The average Bonchev–Trinajstić information content (AvgIpc) is 2.10. The lowest BCUT2D eigenvalue weighted by Gasteiger charge is -2.03. The highest BCUT2D eigenvalue weighted by Crippen LogP contribution is 2.08. The minimum Gasteiger partial charge on any atom is -0.288 e. The Morgan fingerprint density at radius 3 is 2.58 bits per heavy atom. The van der Waals surface area contributed by atoms with Crippen molar-refractivity contribution in [2.45, 2.75) is 6.92 Å². The monoisotopic (exact) mass is 159 g/mol. The fourth-order valence-electron chi connectivity index (χ4n) is 1.18. The molecule has 1 aromatic rings. The molecular formula is C11H13N. The molecule has 0 fully saturated rings. The molecule has 0 amide bonds. The van der Waals surface area contributed by atoms with Gasteiger partial charge in [-0.15, -0.1) is 0 Å². The Morgan fingerprint density at radius 2 is 2.08 bits per heavy atom. The Morgan fingerprint density at radius 1 is 1.42 bits per heavy atom. The van der Waals surface area contributed by atoms with E-state index in [0.29, 0.717) is 0 Å². The molecule has 0 bridgehead atoms. The average molecular weight is 159 g/mol. The van der Waals surface area contributed by atoms with Crippen molar-refractivity contribution in [3.63, 3.8) is 0 Å². The van der Waals surface area contributed by atoms with Crippen LogP contribution in [0.5, 0.6) is 0 Å². The lowest BCUT2D eigenvalue weighted by Crippen LogP contribution is -1.98. The van der Waals surface area contributed by atoms with Crippen LogP contribution >= 0.6 is 0 Å². The summed E-state index contributed by atoms with van der Waals surface area (Å²) >= 11 is 0. The predicted molar refractivity (Wildman–Crippen MR) is 53.8 cm³/mol. The molecule has 0 saturated heterocycles. The van der Waals surface area contributed by atoms with E-state index in [1.54, 1.807) is 13.1 Å². The van der Waals surface area contributed by atoms with Crippen molar-refractivity contribution in [2.24, 2.45) is 4.99 Å². The Labute approximate surface area is 73.5 Å². The van der Waals surface area contributed by atoms with Crippen LogP contribution < -0.4 is 0 Å². The van der Waals surface area contributed by atoms with E-state index in [0.717, 1.165) is 11.3 Å². The number of allylic oxidation sites excluding steroid dienone is 1. The van der Waals surface area contributed by atoms with E-state index in [2.05, 4.69) is 30.6 Å². The molecule has 0 unspecified atom stereocenters. The molecule has 0 heterocycles. The smallest absolute Gasteiger partial charge is 0.0639 e. The van der Waals surface area contributed by atoms with E-state index in [-0.39, 0.29) is 0 Å². The number of aliphatic imine (C=N–C) groups is 1. The molecule has 0 radical (unpaired) electrons. The Kier molecular flexibility index (Phi) is 2.81. The zero-order valence-electron chi connectivity index (χ0n) is 7.54. The largest absolute Gasteiger partial charge is 0.288 e. The van der Waals surface area contributed by atoms with Gasteiger partial charge in [0.05, 0.1) is 5.71 Å². The zero-order chi connectivity index (χ0) is 8.97. The first-order valence-electron chi connectivity index (χ1n) is 3.95. The van der Waals surface area contributed by atoms with Crippen LogP contribution in [0.2, 0.25) is 0 Å². The first-order chi connectivity index (χ1) is 5.79. The second-order valence-corrected chi connectivity index (χ2v) is 2.63. The van der Waals surface area contributed by atoms with Crippen LogP contribution in [0, 0.1) is 6.92 Å². The van der Waals surface area contributed by atoms with Crippen LogP contribution in [0.15, 0.2) is 41.9 Å². The van der Waals surface area contributed by atoms with E-state index < -0.39 is 0 Å². The van der Waals surface area contributed by atoms with Crippen molar-refractivity contribution >= 4 is 5.71 Å². The van der Waals surface area contributed by atoms with Gasteiger partial charge in [-0.2, -0.15) is 0 Å². The number of hydrogen-bond acceptors (Lipinski definition) is 1. The predicted octanol–water partition coefficient (Wildman–Crippen LogP) is 2.60. The van der Waals surface area contributed by atoms with E-state index >= 15 is 0 Å². The molecule has 12 heavy (non-hydrogen) atoms. The highest BCUT2D eigenvalue weighted by atomic mass is 14.7. The number of rotatable bonds is 2. The summed E-state index contributed by atoms with van der Waals surface area (Å²) in [6.45, 7) is 5.79. The first kappa shape index (κ1) is 8.72. The molecule has 0 N–H and O–H groups in total. The number of benzene rings is 1. The highest BCUT2D eigenvalue weighted by molar-refractivity contribution is 6.09. The van der Waals surface area contributed by atoms with Crippen LogP contribution in [0.4, 0.5) is 0 Å². The van der Waals surface area contributed by atoms with E-state index in [1.807, 2.05) is 12.1 Å². The van der Waals surface area contributed by atoms with Crippen LogP contribution in [0.1, 0.15) is 11.1 Å². The van der Waals surface area contributed by atoms with Gasteiger partial charge in [0.2, 0.25) is 0 Å². The fraction of sp³-hybridized carbons (Fsp3) is 0.182. The quantitative estimate of drug-likeness (QED) is 0.588. The summed E-state index contributed by atoms with van der Waals surface area (Å²) in [5.41, 5.74) is 3.35. The molecule has 1 rings (SSSR count). The van der Waals surface area contributed by atoms with Gasteiger partial charge in [-0.05, 0) is 18.6 Å². The topological polar surface area (TPSA) is 12.4 Å². The number of hydrogen-bond donors (Lipinski definition) is 0. The molecule has 0 spiro atoms. The summed E-state index contributed by atoms with van der Waals surface area (Å²) in [5.74, 6) is 0. The molecule has 0 aliphatic carbocycles. The molecule has 0 saturated carbocycles. The molecule has 1 nitrogen and oxygen atoms in total. The maximum absolute atomic E-state index is 4.14. The summed E-state index contributed by atoms with van der Waals surface area (Å²) in [6.07, 6.45) is 1.78. The Bertz CT molecular complexity index is 311. The molecule has 0 aliphatic heterocycles. The molecular weight excluding hydrogens is 146 g/mol. The highest BCUT2D eigenvalue weighted by Gasteiger charge is 1.99. The van der Waals surface area contributed by atoms with E-state index in [1.165, 1.54) is 5.56 Å². The van der Waals surface area contributed by atoms with Crippen molar-refractivity contribution in [1.29, 1.82) is 0 Å². The minimum absolute atomic E-state index is 0.952. The fourth-order valence-corrected chi connectivity index (χ4v) is 1.18.